The Balaban J connectivity index is 2.59. The molecule has 0 saturated carbocycles. The van der Waals surface area contributed by atoms with Crippen molar-refractivity contribution in [2.45, 2.75) is 6.92 Å². The zero-order valence-electron chi connectivity index (χ0n) is 8.41. The molecule has 1 aromatic heterocycles. The molecule has 0 aliphatic rings. The van der Waals surface area contributed by atoms with E-state index in [-0.39, 0.29) is 0 Å². The van der Waals surface area contributed by atoms with Crippen molar-refractivity contribution in [1.82, 2.24) is 4.98 Å². The summed E-state index contributed by atoms with van der Waals surface area (Å²) >= 11 is 7.48. The molecule has 0 saturated heterocycles. The normalized spacial score (nSPS) is 10.6. The second-order valence-corrected chi connectivity index (χ2v) is 4.24. The number of hydrogen-bond acceptors (Lipinski definition) is 4. The summed E-state index contributed by atoms with van der Waals surface area (Å²) in [6.45, 7) is 2.53. The fourth-order valence-corrected chi connectivity index (χ4v) is 2.41. The molecule has 0 N–H and O–H groups in total. The Kier molecular flexibility index (Phi) is 2.98. The van der Waals surface area contributed by atoms with Crippen LogP contribution in [-0.2, 0) is 0 Å². The molecule has 5 heteroatoms. The lowest BCUT2D eigenvalue weighted by molar-refractivity contribution is 0.338. The van der Waals surface area contributed by atoms with Crippen molar-refractivity contribution in [2.75, 3.05) is 13.7 Å². The van der Waals surface area contributed by atoms with Gasteiger partial charge in [0, 0.05) is 0 Å². The molecular formula is C10H10ClNO2S. The van der Waals surface area contributed by atoms with Gasteiger partial charge in [-0.25, -0.2) is 0 Å². The molecule has 2 rings (SSSR count). The summed E-state index contributed by atoms with van der Waals surface area (Å²) in [5, 5.41) is 1.21. The summed E-state index contributed by atoms with van der Waals surface area (Å²) in [4.78, 5) is 4.32. The van der Waals surface area contributed by atoms with E-state index >= 15 is 0 Å². The second-order valence-electron chi connectivity index (χ2n) is 2.84. The smallest absolute Gasteiger partial charge is 0.274 e. The molecule has 0 aliphatic carbocycles. The second kappa shape index (κ2) is 4.24. The quantitative estimate of drug-likeness (QED) is 0.829. The lowest BCUT2D eigenvalue weighted by Crippen LogP contribution is -1.90. The first kappa shape index (κ1) is 10.5. The summed E-state index contributed by atoms with van der Waals surface area (Å²) in [6, 6.07) is 3.72. The van der Waals surface area contributed by atoms with E-state index in [0.29, 0.717) is 22.6 Å². The molecule has 0 spiro atoms. The largest absolute Gasteiger partial charge is 0.493 e. The molecule has 3 nitrogen and oxygen atoms in total. The molecule has 1 heterocycles. The lowest BCUT2D eigenvalue weighted by Gasteiger charge is -2.01. The highest BCUT2D eigenvalue weighted by Crippen LogP contribution is 2.37. The summed E-state index contributed by atoms with van der Waals surface area (Å²) in [7, 11) is 1.58. The number of nitrogens with zero attached hydrogens (tertiary/aromatic N) is 1. The molecule has 0 radical (unpaired) electrons. The standard InChI is InChI=1S/C10H10ClNO2S/c1-3-14-10-12-8-7(15-10)5-4-6(11)9(8)13-2/h4-5H,3H2,1-2H3. The van der Waals surface area contributed by atoms with E-state index in [1.165, 1.54) is 11.3 Å². The SMILES string of the molecule is CCOc1nc2c(OC)c(Cl)ccc2s1. The van der Waals surface area contributed by atoms with E-state index in [9.17, 15) is 0 Å². The summed E-state index contributed by atoms with van der Waals surface area (Å²) < 4.78 is 11.6. The molecule has 1 aromatic carbocycles. The van der Waals surface area contributed by atoms with Gasteiger partial charge in [0.05, 0.1) is 23.4 Å². The van der Waals surface area contributed by atoms with Crippen molar-refractivity contribution in [2.24, 2.45) is 0 Å². The highest BCUT2D eigenvalue weighted by atomic mass is 35.5. The van der Waals surface area contributed by atoms with Crippen molar-refractivity contribution >= 4 is 33.2 Å². The molecule has 0 amide bonds. The van der Waals surface area contributed by atoms with Crippen molar-refractivity contribution < 1.29 is 9.47 Å². The number of methoxy groups -OCH3 is 1. The van der Waals surface area contributed by atoms with Gasteiger partial charge in [-0.05, 0) is 19.1 Å². The number of ether oxygens (including phenoxy) is 2. The third-order valence-corrected chi connectivity index (χ3v) is 3.15. The monoisotopic (exact) mass is 243 g/mol. The number of benzene rings is 1. The van der Waals surface area contributed by atoms with Gasteiger partial charge < -0.3 is 9.47 Å². The number of thiazole rings is 1. The van der Waals surface area contributed by atoms with Crippen LogP contribution in [0.1, 0.15) is 6.92 Å². The Morgan fingerprint density at radius 2 is 2.27 bits per heavy atom. The van der Waals surface area contributed by atoms with Crippen molar-refractivity contribution in [3.8, 4) is 10.9 Å². The van der Waals surface area contributed by atoms with Gasteiger partial charge >= 0.3 is 0 Å². The first-order chi connectivity index (χ1) is 7.26. The summed E-state index contributed by atoms with van der Waals surface area (Å²) in [6.07, 6.45) is 0. The minimum atomic E-state index is 0.568. The van der Waals surface area contributed by atoms with Gasteiger partial charge in [0.25, 0.3) is 5.19 Å². The summed E-state index contributed by atoms with van der Waals surface area (Å²) in [5.41, 5.74) is 0.762. The van der Waals surface area contributed by atoms with E-state index in [1.807, 2.05) is 13.0 Å². The van der Waals surface area contributed by atoms with Gasteiger partial charge in [0.1, 0.15) is 5.52 Å². The maximum atomic E-state index is 5.99. The first-order valence-electron chi connectivity index (χ1n) is 4.52. The first-order valence-corrected chi connectivity index (χ1v) is 5.71. The fourth-order valence-electron chi connectivity index (χ4n) is 1.30. The highest BCUT2D eigenvalue weighted by molar-refractivity contribution is 7.20. The van der Waals surface area contributed by atoms with E-state index in [4.69, 9.17) is 21.1 Å². The Bertz CT molecular complexity index is 483. The average molecular weight is 244 g/mol. The Hall–Kier alpha value is -1.00. The third-order valence-electron chi connectivity index (χ3n) is 1.92. The maximum absolute atomic E-state index is 5.99. The number of hydrogen-bond donors (Lipinski definition) is 0. The maximum Gasteiger partial charge on any atom is 0.274 e. The van der Waals surface area contributed by atoms with Crippen LogP contribution in [0.15, 0.2) is 12.1 Å². The molecular weight excluding hydrogens is 234 g/mol. The summed E-state index contributed by atoms with van der Waals surface area (Å²) in [5.74, 6) is 0.608. The topological polar surface area (TPSA) is 31.4 Å². The van der Waals surface area contributed by atoms with Crippen LogP contribution in [0.25, 0.3) is 10.2 Å². The van der Waals surface area contributed by atoms with E-state index in [1.54, 1.807) is 13.2 Å². The number of rotatable bonds is 3. The molecule has 0 unspecified atom stereocenters. The minimum Gasteiger partial charge on any atom is -0.493 e. The van der Waals surface area contributed by atoms with Crippen molar-refractivity contribution in [1.29, 1.82) is 0 Å². The molecule has 0 aliphatic heterocycles. The van der Waals surface area contributed by atoms with Gasteiger partial charge in [-0.15, -0.1) is 0 Å². The van der Waals surface area contributed by atoms with Crippen LogP contribution < -0.4 is 9.47 Å². The minimum absolute atomic E-state index is 0.568. The number of fused-ring (bicyclic) bond motifs is 1. The molecule has 2 aromatic rings. The molecule has 0 bridgehead atoms. The predicted molar refractivity (Wildman–Crippen MR) is 62.4 cm³/mol. The Labute approximate surface area is 96.6 Å². The van der Waals surface area contributed by atoms with Crippen LogP contribution in [0.5, 0.6) is 10.9 Å². The molecule has 15 heavy (non-hydrogen) atoms. The van der Waals surface area contributed by atoms with Crippen LogP contribution in [0, 0.1) is 0 Å². The molecule has 0 fully saturated rings. The van der Waals surface area contributed by atoms with E-state index < -0.39 is 0 Å². The van der Waals surface area contributed by atoms with Gasteiger partial charge in [-0.1, -0.05) is 22.9 Å². The predicted octanol–water partition coefficient (Wildman–Crippen LogP) is 3.36. The van der Waals surface area contributed by atoms with Crippen LogP contribution in [0.4, 0.5) is 0 Å². The fraction of sp³-hybridized carbons (Fsp3) is 0.300. The zero-order chi connectivity index (χ0) is 10.8. The Morgan fingerprint density at radius 1 is 1.47 bits per heavy atom. The van der Waals surface area contributed by atoms with Crippen molar-refractivity contribution in [3.63, 3.8) is 0 Å². The van der Waals surface area contributed by atoms with Gasteiger partial charge in [0.2, 0.25) is 0 Å². The van der Waals surface area contributed by atoms with E-state index in [2.05, 4.69) is 4.98 Å². The van der Waals surface area contributed by atoms with Crippen LogP contribution in [0.2, 0.25) is 5.02 Å². The van der Waals surface area contributed by atoms with Crippen molar-refractivity contribution in [3.05, 3.63) is 17.2 Å². The van der Waals surface area contributed by atoms with Gasteiger partial charge in [-0.2, -0.15) is 4.98 Å². The van der Waals surface area contributed by atoms with E-state index in [0.717, 1.165) is 10.2 Å². The number of aromatic nitrogens is 1. The van der Waals surface area contributed by atoms with Crippen LogP contribution in [0.3, 0.4) is 0 Å². The van der Waals surface area contributed by atoms with Crippen LogP contribution >= 0.6 is 22.9 Å². The third kappa shape index (κ3) is 1.87. The zero-order valence-corrected chi connectivity index (χ0v) is 9.98. The molecule has 80 valence electrons. The van der Waals surface area contributed by atoms with Gasteiger partial charge in [0.15, 0.2) is 5.75 Å². The van der Waals surface area contributed by atoms with Gasteiger partial charge in [-0.3, -0.25) is 0 Å². The average Bonchev–Trinajstić information content (AvgIpc) is 2.61. The van der Waals surface area contributed by atoms with Crippen LogP contribution in [-0.4, -0.2) is 18.7 Å². The Morgan fingerprint density at radius 3 is 2.93 bits per heavy atom. The molecule has 0 atom stereocenters. The number of halogens is 1. The highest BCUT2D eigenvalue weighted by Gasteiger charge is 2.12. The lowest BCUT2D eigenvalue weighted by atomic mass is 10.3.